The summed E-state index contributed by atoms with van der Waals surface area (Å²) >= 11 is 0. The number of Topliss-reactive ketones (excluding diaryl/α,β-unsaturated/α-hetero) is 1. The lowest BCUT2D eigenvalue weighted by molar-refractivity contribution is -0.142. The molecule has 2 atom stereocenters. The maximum absolute atomic E-state index is 11.9. The first-order valence-electron chi connectivity index (χ1n) is 6.56. The number of rotatable bonds is 9. The fraction of sp³-hybridized carbons (Fsp3) is 0.500. The summed E-state index contributed by atoms with van der Waals surface area (Å²) in [5.74, 6) is -1.73. The van der Waals surface area contributed by atoms with Gasteiger partial charge in [0.25, 0.3) is 0 Å². The number of alkyl halides is 1. The Morgan fingerprint density at radius 2 is 2.19 bits per heavy atom. The van der Waals surface area contributed by atoms with Crippen molar-refractivity contribution in [1.82, 2.24) is 4.98 Å². The third-order valence-corrected chi connectivity index (χ3v) is 3.02. The number of ether oxygens (including phenoxy) is 1. The van der Waals surface area contributed by atoms with E-state index in [0.717, 1.165) is 0 Å². The first-order chi connectivity index (χ1) is 9.93. The number of nitrogens with zero attached hydrogens (tertiary/aromatic N) is 1. The van der Waals surface area contributed by atoms with Gasteiger partial charge in [-0.15, -0.1) is 0 Å². The summed E-state index contributed by atoms with van der Waals surface area (Å²) < 4.78 is 16.9. The monoisotopic (exact) mass is 297 g/mol. The van der Waals surface area contributed by atoms with E-state index in [1.165, 1.54) is 13.1 Å². The van der Waals surface area contributed by atoms with E-state index in [-0.39, 0.29) is 31.1 Å². The van der Waals surface area contributed by atoms with Crippen molar-refractivity contribution in [3.8, 4) is 5.88 Å². The molecule has 0 amide bonds. The van der Waals surface area contributed by atoms with Crippen LogP contribution in [-0.4, -0.2) is 41.2 Å². The first kappa shape index (κ1) is 17.0. The van der Waals surface area contributed by atoms with E-state index in [0.29, 0.717) is 5.56 Å². The van der Waals surface area contributed by atoms with Crippen LogP contribution >= 0.6 is 0 Å². The second-order valence-corrected chi connectivity index (χ2v) is 4.73. The van der Waals surface area contributed by atoms with E-state index in [9.17, 15) is 19.1 Å². The lowest BCUT2D eigenvalue weighted by Gasteiger charge is -2.15. The number of carbonyl (C=O) groups excluding carboxylic acids is 1. The van der Waals surface area contributed by atoms with Gasteiger partial charge in [-0.2, -0.15) is 0 Å². The Morgan fingerprint density at radius 3 is 2.67 bits per heavy atom. The topological polar surface area (TPSA) is 103 Å². The molecule has 6 nitrogen and oxygen atoms in total. The lowest BCUT2D eigenvalue weighted by Crippen LogP contribution is -2.33. The van der Waals surface area contributed by atoms with Crippen molar-refractivity contribution >= 4 is 11.8 Å². The van der Waals surface area contributed by atoms with Crippen molar-refractivity contribution in [2.75, 3.05) is 13.3 Å². The molecule has 21 heavy (non-hydrogen) atoms. The molecule has 3 N–H and O–H groups in total. The van der Waals surface area contributed by atoms with E-state index in [2.05, 4.69) is 4.98 Å². The van der Waals surface area contributed by atoms with Crippen LogP contribution in [0.5, 0.6) is 5.88 Å². The molecule has 0 aliphatic carbocycles. The summed E-state index contributed by atoms with van der Waals surface area (Å²) in [6.07, 6.45) is 1.76. The number of carboxylic acids is 1. The highest BCUT2D eigenvalue weighted by Gasteiger charge is 2.23. The predicted molar refractivity (Wildman–Crippen MR) is 73.8 cm³/mol. The Balaban J connectivity index is 2.66. The maximum atomic E-state index is 11.9. The van der Waals surface area contributed by atoms with Crippen molar-refractivity contribution in [2.45, 2.75) is 25.8 Å². The van der Waals surface area contributed by atoms with Crippen LogP contribution < -0.4 is 10.5 Å². The third kappa shape index (κ3) is 5.86. The standard InChI is InChI=1S/C14H19FN2O4/c1-9(18)12(16)7-11(14(19)20)6-10-2-3-13(17-8-10)21-5-4-15/h2-3,8,11-12H,4-7,16H2,1H3,(H,19,20)/t11?,12-/m0/s1/i15-1. The van der Waals surface area contributed by atoms with Gasteiger partial charge in [0, 0.05) is 12.3 Å². The molecule has 0 bridgehead atoms. The van der Waals surface area contributed by atoms with Gasteiger partial charge in [-0.25, -0.2) is 9.37 Å². The fourth-order valence-corrected chi connectivity index (χ4v) is 1.79. The fourth-order valence-electron chi connectivity index (χ4n) is 1.79. The predicted octanol–water partition coefficient (Wildman–Crippen LogP) is 0.980. The average molecular weight is 297 g/mol. The Hall–Kier alpha value is -2.02. The molecule has 0 saturated heterocycles. The molecule has 1 aromatic heterocycles. The molecule has 0 radical (unpaired) electrons. The largest absolute Gasteiger partial charge is 0.481 e. The number of carbonyl (C=O) groups is 2. The number of pyridine rings is 1. The van der Waals surface area contributed by atoms with Crippen molar-refractivity contribution < 1.29 is 23.8 Å². The van der Waals surface area contributed by atoms with Gasteiger partial charge in [0.1, 0.15) is 19.1 Å². The van der Waals surface area contributed by atoms with Crippen LogP contribution in [0.1, 0.15) is 18.9 Å². The Bertz CT molecular complexity index is 478. The SMILES string of the molecule is CC(=O)[C@@H](N)CC(Cc1ccc(OCC[18F])nc1)C(=O)O. The molecule has 116 valence electrons. The Morgan fingerprint density at radius 1 is 1.48 bits per heavy atom. The number of nitrogens with two attached hydrogens (primary N) is 1. The number of hydrogen-bond donors (Lipinski definition) is 2. The zero-order chi connectivity index (χ0) is 15.8. The molecule has 1 unspecified atom stereocenters. The molecule has 0 aliphatic heterocycles. The van der Waals surface area contributed by atoms with E-state index in [1.54, 1.807) is 12.1 Å². The highest BCUT2D eigenvalue weighted by atomic mass is 18.2. The van der Waals surface area contributed by atoms with E-state index >= 15 is 0 Å². The van der Waals surface area contributed by atoms with Crippen LogP contribution in [0.25, 0.3) is 0 Å². The van der Waals surface area contributed by atoms with Crippen LogP contribution in [0, 0.1) is 5.92 Å². The van der Waals surface area contributed by atoms with E-state index in [4.69, 9.17) is 10.5 Å². The quantitative estimate of drug-likeness (QED) is 0.704. The molecule has 1 aromatic rings. The van der Waals surface area contributed by atoms with Crippen molar-refractivity contribution in [2.24, 2.45) is 11.7 Å². The normalized spacial score (nSPS) is 13.5. The summed E-state index contributed by atoms with van der Waals surface area (Å²) in [6, 6.07) is 2.43. The summed E-state index contributed by atoms with van der Waals surface area (Å²) in [4.78, 5) is 26.3. The summed E-state index contributed by atoms with van der Waals surface area (Å²) in [7, 11) is 0. The van der Waals surface area contributed by atoms with Gasteiger partial charge >= 0.3 is 5.97 Å². The molecule has 0 saturated carbocycles. The van der Waals surface area contributed by atoms with Gasteiger partial charge in [-0.1, -0.05) is 6.07 Å². The second kappa shape index (κ2) is 8.31. The van der Waals surface area contributed by atoms with Crippen LogP contribution in [0.3, 0.4) is 0 Å². The Kier molecular flexibility index (Phi) is 6.74. The number of ketones is 1. The minimum absolute atomic E-state index is 0.0719. The summed E-state index contributed by atoms with van der Waals surface area (Å²) in [6.45, 7) is 0.660. The minimum atomic E-state index is -1.01. The number of aliphatic carboxylic acids is 1. The van der Waals surface area contributed by atoms with Gasteiger partial charge < -0.3 is 15.6 Å². The average Bonchev–Trinajstić information content (AvgIpc) is 2.45. The minimum Gasteiger partial charge on any atom is -0.481 e. The molecular formula is C14H19FN2O4. The molecule has 1 heterocycles. The van der Waals surface area contributed by atoms with Gasteiger partial charge in [0.2, 0.25) is 5.88 Å². The van der Waals surface area contributed by atoms with Crippen molar-refractivity contribution in [3.05, 3.63) is 23.9 Å². The maximum Gasteiger partial charge on any atom is 0.306 e. The second-order valence-electron chi connectivity index (χ2n) is 4.73. The molecule has 1 rings (SSSR count). The van der Waals surface area contributed by atoms with E-state index in [1.807, 2.05) is 0 Å². The lowest BCUT2D eigenvalue weighted by atomic mass is 9.92. The third-order valence-electron chi connectivity index (χ3n) is 3.02. The van der Waals surface area contributed by atoms with Crippen LogP contribution in [-0.2, 0) is 16.0 Å². The number of halogens is 1. The molecule has 0 aromatic carbocycles. The number of hydrogen-bond acceptors (Lipinski definition) is 5. The smallest absolute Gasteiger partial charge is 0.306 e. The van der Waals surface area contributed by atoms with E-state index < -0.39 is 24.6 Å². The first-order valence-corrected chi connectivity index (χ1v) is 6.56. The van der Waals surface area contributed by atoms with Gasteiger partial charge in [0.15, 0.2) is 0 Å². The molecule has 7 heteroatoms. The Labute approximate surface area is 122 Å². The van der Waals surface area contributed by atoms with Gasteiger partial charge in [-0.3, -0.25) is 9.59 Å². The van der Waals surface area contributed by atoms with Crippen LogP contribution in [0.4, 0.5) is 4.39 Å². The van der Waals surface area contributed by atoms with Crippen LogP contribution in [0.15, 0.2) is 18.3 Å². The molecule has 0 fully saturated rings. The molecule has 0 aliphatic rings. The zero-order valence-electron chi connectivity index (χ0n) is 11.8. The van der Waals surface area contributed by atoms with Crippen LogP contribution in [0.2, 0.25) is 0 Å². The van der Waals surface area contributed by atoms with Crippen molar-refractivity contribution in [3.63, 3.8) is 0 Å². The van der Waals surface area contributed by atoms with Gasteiger partial charge in [-0.05, 0) is 25.3 Å². The summed E-state index contributed by atoms with van der Waals surface area (Å²) in [5, 5.41) is 9.18. The van der Waals surface area contributed by atoms with Crippen molar-refractivity contribution in [1.29, 1.82) is 0 Å². The number of aromatic nitrogens is 1. The highest BCUT2D eigenvalue weighted by Crippen LogP contribution is 2.16. The highest BCUT2D eigenvalue weighted by molar-refractivity contribution is 5.82. The summed E-state index contributed by atoms with van der Waals surface area (Å²) in [5.41, 5.74) is 6.29. The molecule has 0 spiro atoms. The zero-order valence-corrected chi connectivity index (χ0v) is 11.8. The number of carboxylic acid groups (broad SMARTS) is 1. The molecular weight excluding hydrogens is 278 g/mol. The van der Waals surface area contributed by atoms with Gasteiger partial charge in [0.05, 0.1) is 12.0 Å².